The number of nitrogens with zero attached hydrogens (tertiary/aromatic N) is 1. The van der Waals surface area contributed by atoms with Crippen LogP contribution in [0.5, 0.6) is 5.75 Å². The summed E-state index contributed by atoms with van der Waals surface area (Å²) in [7, 11) is 1.28. The number of alkyl halides is 2. The number of methoxy groups -OCH3 is 1. The predicted octanol–water partition coefficient (Wildman–Crippen LogP) is 5.56. The van der Waals surface area contributed by atoms with E-state index in [1.165, 1.54) is 12.0 Å². The molecule has 2 atom stereocenters. The van der Waals surface area contributed by atoms with Crippen molar-refractivity contribution in [2.24, 2.45) is 0 Å². The lowest BCUT2D eigenvalue weighted by Gasteiger charge is -2.40. The van der Waals surface area contributed by atoms with E-state index in [-0.39, 0.29) is 13.0 Å². The van der Waals surface area contributed by atoms with E-state index < -0.39 is 48.9 Å². The van der Waals surface area contributed by atoms with Gasteiger partial charge in [0.1, 0.15) is 18.4 Å². The summed E-state index contributed by atoms with van der Waals surface area (Å²) in [6.45, 7) is 2.43. The third-order valence-electron chi connectivity index (χ3n) is 7.36. The van der Waals surface area contributed by atoms with Gasteiger partial charge in [0.05, 0.1) is 13.2 Å². The Morgan fingerprint density at radius 3 is 2.31 bits per heavy atom. The smallest absolute Gasteiger partial charge is 0.328 e. The van der Waals surface area contributed by atoms with Crippen LogP contribution in [0.3, 0.4) is 0 Å². The Bertz CT molecular complexity index is 1320. The number of amides is 1. The Balaban J connectivity index is 1.45. The van der Waals surface area contributed by atoms with Crippen LogP contribution in [0, 0.1) is 6.92 Å². The summed E-state index contributed by atoms with van der Waals surface area (Å²) in [4.78, 5) is 28.5. The fourth-order valence-corrected chi connectivity index (χ4v) is 5.22. The van der Waals surface area contributed by atoms with Crippen molar-refractivity contribution in [1.29, 1.82) is 0 Å². The molecule has 1 fully saturated rings. The third kappa shape index (κ3) is 5.81. The third-order valence-corrected chi connectivity index (χ3v) is 7.36. The molecule has 0 saturated heterocycles. The normalized spacial score (nSPS) is 19.0. The Labute approximate surface area is 226 Å². The molecule has 6 nitrogen and oxygen atoms in total. The largest absolute Gasteiger partial charge is 0.488 e. The highest BCUT2D eigenvalue weighted by Gasteiger charge is 2.49. The number of esters is 1. The lowest BCUT2D eigenvalue weighted by Crippen LogP contribution is -2.52. The first kappa shape index (κ1) is 26.8. The molecule has 0 N–H and O–H groups in total. The quantitative estimate of drug-likeness (QED) is 0.354. The molecular weight excluding hydrogens is 504 g/mol. The van der Waals surface area contributed by atoms with Gasteiger partial charge in [-0.05, 0) is 29.2 Å². The summed E-state index contributed by atoms with van der Waals surface area (Å²) >= 11 is 0. The van der Waals surface area contributed by atoms with E-state index in [1.54, 1.807) is 30.3 Å². The minimum atomic E-state index is -2.79. The molecular formula is C31H31F2NO5. The molecule has 0 aromatic heterocycles. The van der Waals surface area contributed by atoms with E-state index in [0.29, 0.717) is 17.9 Å². The highest BCUT2D eigenvalue weighted by molar-refractivity contribution is 5.88. The molecule has 0 radical (unpaired) electrons. The molecule has 0 spiro atoms. The van der Waals surface area contributed by atoms with Crippen LogP contribution in [0.15, 0.2) is 72.8 Å². The Morgan fingerprint density at radius 2 is 1.67 bits per heavy atom. The molecule has 1 aliphatic carbocycles. The van der Waals surface area contributed by atoms with E-state index >= 15 is 0 Å². The monoisotopic (exact) mass is 535 g/mol. The van der Waals surface area contributed by atoms with Crippen LogP contribution in [-0.2, 0) is 38.6 Å². The number of rotatable bonds is 8. The van der Waals surface area contributed by atoms with Crippen molar-refractivity contribution in [3.8, 4) is 5.75 Å². The zero-order valence-corrected chi connectivity index (χ0v) is 21.9. The van der Waals surface area contributed by atoms with Gasteiger partial charge in [0.15, 0.2) is 6.10 Å². The SMILES string of the molecule is COC(=O)[C@@H]1Cc2c(ccc(C)c2OCc2ccccc2)CN1C(=O)C(OC1CC(F)(F)C1)c1ccccc1. The molecule has 1 amide bonds. The van der Waals surface area contributed by atoms with E-state index in [9.17, 15) is 18.4 Å². The van der Waals surface area contributed by atoms with Crippen LogP contribution in [0.25, 0.3) is 0 Å². The van der Waals surface area contributed by atoms with Crippen molar-refractivity contribution in [1.82, 2.24) is 4.90 Å². The average Bonchev–Trinajstić information content (AvgIpc) is 2.94. The molecule has 3 aromatic rings. The second kappa shape index (κ2) is 11.1. The van der Waals surface area contributed by atoms with Gasteiger partial charge in [-0.3, -0.25) is 4.79 Å². The number of hydrogen-bond donors (Lipinski definition) is 0. The number of aryl methyl sites for hydroxylation is 1. The lowest BCUT2D eigenvalue weighted by molar-refractivity contribution is -0.194. The summed E-state index contributed by atoms with van der Waals surface area (Å²) in [5.41, 5.74) is 4.17. The summed E-state index contributed by atoms with van der Waals surface area (Å²) in [6, 6.07) is 21.5. The van der Waals surface area contributed by atoms with Crippen LogP contribution in [0.2, 0.25) is 0 Å². The van der Waals surface area contributed by atoms with Crippen molar-refractivity contribution >= 4 is 11.9 Å². The molecule has 3 aromatic carbocycles. The summed E-state index contributed by atoms with van der Waals surface area (Å²) < 4.78 is 44.4. The van der Waals surface area contributed by atoms with Crippen LogP contribution in [0.4, 0.5) is 8.78 Å². The van der Waals surface area contributed by atoms with Crippen molar-refractivity contribution in [2.45, 2.75) is 63.5 Å². The molecule has 1 saturated carbocycles. The number of halogens is 2. The van der Waals surface area contributed by atoms with Gasteiger partial charge in [-0.1, -0.05) is 72.8 Å². The number of fused-ring (bicyclic) bond motifs is 1. The van der Waals surface area contributed by atoms with E-state index in [0.717, 1.165) is 22.3 Å². The summed E-state index contributed by atoms with van der Waals surface area (Å²) in [6.07, 6.45) is -2.55. The van der Waals surface area contributed by atoms with Gasteiger partial charge in [-0.25, -0.2) is 13.6 Å². The van der Waals surface area contributed by atoms with Crippen LogP contribution in [-0.4, -0.2) is 42.0 Å². The lowest BCUT2D eigenvalue weighted by atomic mass is 9.89. The number of carbonyl (C=O) groups is 2. The van der Waals surface area contributed by atoms with Crippen molar-refractivity contribution < 1.29 is 32.6 Å². The molecule has 1 aliphatic heterocycles. The molecule has 8 heteroatoms. The van der Waals surface area contributed by atoms with Crippen LogP contribution < -0.4 is 4.74 Å². The number of carbonyl (C=O) groups excluding carboxylic acids is 2. The second-order valence-corrected chi connectivity index (χ2v) is 10.1. The number of benzene rings is 3. The first-order valence-electron chi connectivity index (χ1n) is 13.0. The predicted molar refractivity (Wildman–Crippen MR) is 140 cm³/mol. The topological polar surface area (TPSA) is 65.1 Å². The summed E-state index contributed by atoms with van der Waals surface area (Å²) in [5.74, 6) is -3.14. The van der Waals surface area contributed by atoms with Crippen LogP contribution in [0.1, 0.15) is 46.8 Å². The maximum absolute atomic E-state index is 14.0. The van der Waals surface area contributed by atoms with Crippen molar-refractivity contribution in [2.75, 3.05) is 7.11 Å². The molecule has 0 bridgehead atoms. The minimum Gasteiger partial charge on any atom is -0.488 e. The van der Waals surface area contributed by atoms with Gasteiger partial charge in [-0.2, -0.15) is 0 Å². The molecule has 1 heterocycles. The number of ether oxygens (including phenoxy) is 3. The standard InChI is InChI=1S/C31H31F2NO5/c1-20-13-14-23-18-34(29(35)28(22-11-7-4-8-12-22)39-24-16-31(32,33)17-24)26(30(36)37-2)15-25(23)27(20)38-19-21-9-5-3-6-10-21/h3-14,24,26,28H,15-19H2,1-2H3/t26-,28?/m0/s1. The van der Waals surface area contributed by atoms with Gasteiger partial charge in [0, 0.05) is 31.4 Å². The Hall–Kier alpha value is -3.78. The molecule has 204 valence electrons. The second-order valence-electron chi connectivity index (χ2n) is 10.1. The molecule has 2 aliphatic rings. The first-order valence-corrected chi connectivity index (χ1v) is 13.0. The molecule has 1 unspecified atom stereocenters. The van der Waals surface area contributed by atoms with E-state index in [1.807, 2.05) is 49.4 Å². The zero-order chi connectivity index (χ0) is 27.6. The van der Waals surface area contributed by atoms with Crippen LogP contribution >= 0.6 is 0 Å². The minimum absolute atomic E-state index is 0.128. The summed E-state index contributed by atoms with van der Waals surface area (Å²) in [5, 5.41) is 0. The Morgan fingerprint density at radius 1 is 1.00 bits per heavy atom. The van der Waals surface area contributed by atoms with Gasteiger partial charge in [0.25, 0.3) is 11.8 Å². The highest BCUT2D eigenvalue weighted by Crippen LogP contribution is 2.42. The Kier molecular flexibility index (Phi) is 7.66. The number of hydrogen-bond acceptors (Lipinski definition) is 5. The van der Waals surface area contributed by atoms with Gasteiger partial charge >= 0.3 is 5.97 Å². The maximum atomic E-state index is 14.0. The average molecular weight is 536 g/mol. The fourth-order valence-electron chi connectivity index (χ4n) is 5.22. The van der Waals surface area contributed by atoms with E-state index in [2.05, 4.69) is 0 Å². The van der Waals surface area contributed by atoms with Gasteiger partial charge in [0.2, 0.25) is 0 Å². The zero-order valence-electron chi connectivity index (χ0n) is 21.9. The highest BCUT2D eigenvalue weighted by atomic mass is 19.3. The van der Waals surface area contributed by atoms with Crippen molar-refractivity contribution in [3.05, 3.63) is 101 Å². The van der Waals surface area contributed by atoms with Crippen molar-refractivity contribution in [3.63, 3.8) is 0 Å². The fraction of sp³-hybridized carbons (Fsp3) is 0.355. The molecule has 39 heavy (non-hydrogen) atoms. The van der Waals surface area contributed by atoms with Gasteiger partial charge in [-0.15, -0.1) is 0 Å². The molecule has 5 rings (SSSR count). The van der Waals surface area contributed by atoms with E-state index in [4.69, 9.17) is 14.2 Å². The maximum Gasteiger partial charge on any atom is 0.328 e. The van der Waals surface area contributed by atoms with Gasteiger partial charge < -0.3 is 19.1 Å². The first-order chi connectivity index (χ1) is 18.8.